The van der Waals surface area contributed by atoms with Crippen LogP contribution in [-0.2, 0) is 9.59 Å². The molecular formula is C14H26ClF2N3O2. The highest BCUT2D eigenvalue weighted by molar-refractivity contribution is 5.87. The normalized spacial score (nSPS) is 17.3. The molecule has 4 N–H and O–H groups in total. The molecule has 0 heterocycles. The monoisotopic (exact) mass is 341 g/mol. The molecule has 0 aromatic heterocycles. The van der Waals surface area contributed by atoms with E-state index < -0.39 is 31.0 Å². The molecule has 130 valence electrons. The summed E-state index contributed by atoms with van der Waals surface area (Å²) in [6, 6.07) is -0.824. The molecule has 1 aliphatic rings. The number of rotatable bonds is 7. The van der Waals surface area contributed by atoms with Crippen molar-refractivity contribution in [3.05, 3.63) is 0 Å². The maximum atomic E-state index is 12.9. The Labute approximate surface area is 136 Å². The minimum absolute atomic E-state index is 0. The molecule has 0 aromatic carbocycles. The molecule has 22 heavy (non-hydrogen) atoms. The molecule has 0 saturated heterocycles. The van der Waals surface area contributed by atoms with Crippen molar-refractivity contribution in [3.8, 4) is 0 Å². The van der Waals surface area contributed by atoms with Gasteiger partial charge in [-0.1, -0.05) is 19.3 Å². The van der Waals surface area contributed by atoms with Crippen LogP contribution in [0.25, 0.3) is 0 Å². The fraction of sp³-hybridized carbons (Fsp3) is 0.857. The molecule has 2 amide bonds. The minimum Gasteiger partial charge on any atom is -0.348 e. The van der Waals surface area contributed by atoms with Gasteiger partial charge in [-0.15, -0.1) is 12.4 Å². The summed E-state index contributed by atoms with van der Waals surface area (Å²) in [7, 11) is 0. The summed E-state index contributed by atoms with van der Waals surface area (Å²) in [5, 5.41) is 4.65. The molecule has 0 bridgehead atoms. The van der Waals surface area contributed by atoms with E-state index in [2.05, 4.69) is 10.6 Å². The Morgan fingerprint density at radius 2 is 1.86 bits per heavy atom. The van der Waals surface area contributed by atoms with Gasteiger partial charge in [-0.2, -0.15) is 0 Å². The predicted octanol–water partition coefficient (Wildman–Crippen LogP) is 1.59. The van der Waals surface area contributed by atoms with Crippen molar-refractivity contribution >= 4 is 24.2 Å². The van der Waals surface area contributed by atoms with Crippen molar-refractivity contribution in [1.29, 1.82) is 0 Å². The molecule has 1 aliphatic carbocycles. The van der Waals surface area contributed by atoms with Gasteiger partial charge in [0.15, 0.2) is 0 Å². The van der Waals surface area contributed by atoms with Crippen LogP contribution >= 0.6 is 12.4 Å². The lowest BCUT2D eigenvalue weighted by Crippen LogP contribution is -2.49. The maximum Gasteiger partial charge on any atom is 0.277 e. The highest BCUT2D eigenvalue weighted by Crippen LogP contribution is 2.26. The zero-order valence-corrected chi connectivity index (χ0v) is 13.7. The number of nitrogens with two attached hydrogens (primary N) is 1. The molecule has 1 atom stereocenters. The van der Waals surface area contributed by atoms with Crippen molar-refractivity contribution in [1.82, 2.24) is 10.6 Å². The smallest absolute Gasteiger partial charge is 0.277 e. The van der Waals surface area contributed by atoms with E-state index >= 15 is 0 Å². The molecule has 1 fully saturated rings. The van der Waals surface area contributed by atoms with Gasteiger partial charge in [0.05, 0.1) is 13.1 Å². The molecule has 1 unspecified atom stereocenters. The van der Waals surface area contributed by atoms with E-state index in [0.717, 1.165) is 25.7 Å². The SMILES string of the molecule is CC(NC(=O)CC1CCCCC1)C(=O)NCC(F)(F)CN.Cl. The van der Waals surface area contributed by atoms with E-state index in [1.165, 1.54) is 13.3 Å². The van der Waals surface area contributed by atoms with Gasteiger partial charge in [0.1, 0.15) is 6.04 Å². The molecule has 1 saturated carbocycles. The van der Waals surface area contributed by atoms with Crippen molar-refractivity contribution in [2.75, 3.05) is 13.1 Å². The first-order valence-electron chi connectivity index (χ1n) is 7.49. The summed E-state index contributed by atoms with van der Waals surface area (Å²) in [6.45, 7) is -0.157. The second-order valence-electron chi connectivity index (χ2n) is 5.78. The van der Waals surface area contributed by atoms with Crippen molar-refractivity contribution < 1.29 is 18.4 Å². The van der Waals surface area contributed by atoms with Gasteiger partial charge in [-0.05, 0) is 25.7 Å². The average molecular weight is 342 g/mol. The van der Waals surface area contributed by atoms with Crippen LogP contribution in [0.15, 0.2) is 0 Å². The van der Waals surface area contributed by atoms with Gasteiger partial charge in [0.25, 0.3) is 5.92 Å². The Balaban J connectivity index is 0.00000441. The number of hydrogen-bond donors (Lipinski definition) is 3. The summed E-state index contributed by atoms with van der Waals surface area (Å²) >= 11 is 0. The van der Waals surface area contributed by atoms with Crippen LogP contribution in [0.2, 0.25) is 0 Å². The number of halogens is 3. The van der Waals surface area contributed by atoms with Gasteiger partial charge in [-0.25, -0.2) is 8.78 Å². The van der Waals surface area contributed by atoms with Crippen molar-refractivity contribution in [2.45, 2.75) is 57.4 Å². The van der Waals surface area contributed by atoms with Gasteiger partial charge < -0.3 is 16.4 Å². The Morgan fingerprint density at radius 1 is 1.27 bits per heavy atom. The molecule has 0 spiro atoms. The minimum atomic E-state index is -3.12. The number of amides is 2. The summed E-state index contributed by atoms with van der Waals surface area (Å²) in [5.74, 6) is -3.58. The predicted molar refractivity (Wildman–Crippen MR) is 83.1 cm³/mol. The third-order valence-electron chi connectivity index (χ3n) is 3.79. The van der Waals surface area contributed by atoms with Crippen LogP contribution in [0.5, 0.6) is 0 Å². The first-order valence-corrected chi connectivity index (χ1v) is 7.49. The van der Waals surface area contributed by atoms with Gasteiger partial charge in [0, 0.05) is 6.42 Å². The lowest BCUT2D eigenvalue weighted by molar-refractivity contribution is -0.130. The van der Waals surface area contributed by atoms with Gasteiger partial charge in [0.2, 0.25) is 11.8 Å². The number of carbonyl (C=O) groups excluding carboxylic acids is 2. The number of hydrogen-bond acceptors (Lipinski definition) is 3. The van der Waals surface area contributed by atoms with Gasteiger partial charge in [-0.3, -0.25) is 9.59 Å². The maximum absolute atomic E-state index is 12.9. The molecule has 0 radical (unpaired) electrons. The second kappa shape index (κ2) is 9.94. The Hall–Kier alpha value is -0.950. The molecule has 0 aliphatic heterocycles. The van der Waals surface area contributed by atoms with Crippen LogP contribution in [0.1, 0.15) is 45.4 Å². The van der Waals surface area contributed by atoms with Crippen LogP contribution in [0.4, 0.5) is 8.78 Å². The van der Waals surface area contributed by atoms with E-state index in [1.54, 1.807) is 0 Å². The zero-order valence-electron chi connectivity index (χ0n) is 12.9. The van der Waals surface area contributed by atoms with E-state index in [1.807, 2.05) is 0 Å². The highest BCUT2D eigenvalue weighted by atomic mass is 35.5. The molecule has 0 aromatic rings. The highest BCUT2D eigenvalue weighted by Gasteiger charge is 2.28. The van der Waals surface area contributed by atoms with E-state index in [0.29, 0.717) is 12.3 Å². The summed E-state index contributed by atoms with van der Waals surface area (Å²) in [5.41, 5.74) is 4.88. The standard InChI is InChI=1S/C14H25F2N3O2.ClH/c1-10(13(21)18-9-14(15,16)8-17)19-12(20)7-11-5-3-2-4-6-11;/h10-11H,2-9,17H2,1H3,(H,18,21)(H,19,20);1H. The average Bonchev–Trinajstić information content (AvgIpc) is 2.45. The first kappa shape index (κ1) is 21.0. The number of nitrogens with one attached hydrogen (secondary N) is 2. The lowest BCUT2D eigenvalue weighted by atomic mass is 9.87. The fourth-order valence-electron chi connectivity index (χ4n) is 2.46. The van der Waals surface area contributed by atoms with Crippen molar-refractivity contribution in [2.24, 2.45) is 11.7 Å². The summed E-state index contributed by atoms with van der Waals surface area (Å²) < 4.78 is 25.8. The third kappa shape index (κ3) is 7.89. The molecule has 5 nitrogen and oxygen atoms in total. The number of carbonyl (C=O) groups is 2. The fourth-order valence-corrected chi connectivity index (χ4v) is 2.46. The topological polar surface area (TPSA) is 84.2 Å². The van der Waals surface area contributed by atoms with Crippen molar-refractivity contribution in [3.63, 3.8) is 0 Å². The third-order valence-corrected chi connectivity index (χ3v) is 3.79. The van der Waals surface area contributed by atoms with E-state index in [-0.39, 0.29) is 18.3 Å². The molecular weight excluding hydrogens is 316 g/mol. The largest absolute Gasteiger partial charge is 0.348 e. The quantitative estimate of drug-likeness (QED) is 0.657. The van der Waals surface area contributed by atoms with Gasteiger partial charge >= 0.3 is 0 Å². The summed E-state index contributed by atoms with van der Waals surface area (Å²) in [6.07, 6.45) is 5.97. The van der Waals surface area contributed by atoms with Crippen LogP contribution < -0.4 is 16.4 Å². The van der Waals surface area contributed by atoms with Crippen LogP contribution in [0.3, 0.4) is 0 Å². The second-order valence-corrected chi connectivity index (χ2v) is 5.78. The Bertz CT molecular complexity index is 364. The zero-order chi connectivity index (χ0) is 15.9. The molecule has 1 rings (SSSR count). The van der Waals surface area contributed by atoms with Crippen LogP contribution in [-0.4, -0.2) is 36.9 Å². The van der Waals surface area contributed by atoms with E-state index in [9.17, 15) is 18.4 Å². The Morgan fingerprint density at radius 3 is 2.41 bits per heavy atom. The number of alkyl halides is 2. The van der Waals surface area contributed by atoms with E-state index in [4.69, 9.17) is 5.73 Å². The lowest BCUT2D eigenvalue weighted by Gasteiger charge is -2.22. The summed E-state index contributed by atoms with van der Waals surface area (Å²) in [4.78, 5) is 23.5. The first-order chi connectivity index (χ1) is 9.84. The molecule has 8 heteroatoms. The Kier molecular flexibility index (Phi) is 9.51. The van der Waals surface area contributed by atoms with Crippen LogP contribution in [0, 0.1) is 5.92 Å².